The van der Waals surface area contributed by atoms with Crippen molar-refractivity contribution in [2.24, 2.45) is 14.1 Å². The van der Waals surface area contributed by atoms with E-state index in [1.807, 2.05) is 0 Å². The number of pyridine rings is 2. The molecule has 2 atom stereocenters. The Bertz CT molecular complexity index is 1830. The number of fused-ring (bicyclic) bond motifs is 2. The second-order valence-corrected chi connectivity index (χ2v) is 9.60. The predicted octanol–water partition coefficient (Wildman–Crippen LogP) is 3.82. The molecule has 0 aliphatic heterocycles. The smallest absolute Gasteiger partial charge is 0.417 e. The minimum atomic E-state index is -4.65. The molecule has 5 aromatic rings. The summed E-state index contributed by atoms with van der Waals surface area (Å²) in [6.45, 7) is 0. The number of aliphatic hydroxyl groups excluding tert-OH is 1. The van der Waals surface area contributed by atoms with Crippen molar-refractivity contribution in [1.29, 1.82) is 0 Å². The standard InChI is InChI=1S/C24H20ClF3N8O4/c1-34-10-11(24(26,27)28)7-12(22(34)38)32-23-33-20-19(35(23)2)17(25)15(8-30-20)39-16-9-31-36-6-5-29-21(18(16)36)40-14-4-3-13(14)37/h5-10,13-14,37H,3-4H2,1-2H3,(H,30,32,33)/t13-,14-/m1/s1. The second kappa shape index (κ2) is 9.38. The number of halogens is 4. The summed E-state index contributed by atoms with van der Waals surface area (Å²) in [6.07, 6.45) is 2.30. The zero-order valence-corrected chi connectivity index (χ0v) is 21.6. The second-order valence-electron chi connectivity index (χ2n) is 9.22. The monoisotopic (exact) mass is 576 g/mol. The molecule has 0 saturated heterocycles. The van der Waals surface area contributed by atoms with Gasteiger partial charge in [-0.15, -0.1) is 0 Å². The fourth-order valence-corrected chi connectivity index (χ4v) is 4.57. The van der Waals surface area contributed by atoms with Crippen molar-refractivity contribution >= 4 is 39.9 Å². The summed E-state index contributed by atoms with van der Waals surface area (Å²) in [5.74, 6) is 0.645. The Morgan fingerprint density at radius 2 is 1.95 bits per heavy atom. The lowest BCUT2D eigenvalue weighted by atomic mass is 9.92. The van der Waals surface area contributed by atoms with Gasteiger partial charge in [0, 0.05) is 32.7 Å². The van der Waals surface area contributed by atoms with Gasteiger partial charge in [-0.1, -0.05) is 11.6 Å². The molecule has 1 fully saturated rings. The van der Waals surface area contributed by atoms with Crippen molar-refractivity contribution in [3.8, 4) is 17.4 Å². The highest BCUT2D eigenvalue weighted by atomic mass is 35.5. The highest BCUT2D eigenvalue weighted by Crippen LogP contribution is 2.39. The maximum absolute atomic E-state index is 13.3. The van der Waals surface area contributed by atoms with E-state index in [-0.39, 0.29) is 39.7 Å². The Morgan fingerprint density at radius 1 is 1.15 bits per heavy atom. The number of rotatable bonds is 6. The van der Waals surface area contributed by atoms with Crippen molar-refractivity contribution in [1.82, 2.24) is 33.7 Å². The summed E-state index contributed by atoms with van der Waals surface area (Å²) in [4.78, 5) is 25.3. The molecule has 12 nitrogen and oxygen atoms in total. The van der Waals surface area contributed by atoms with E-state index in [9.17, 15) is 23.1 Å². The molecule has 6 rings (SSSR count). The molecular formula is C24H20ClF3N8O4. The molecule has 0 radical (unpaired) electrons. The minimum Gasteiger partial charge on any atom is -0.470 e. The largest absolute Gasteiger partial charge is 0.470 e. The van der Waals surface area contributed by atoms with E-state index in [1.54, 1.807) is 13.2 Å². The summed E-state index contributed by atoms with van der Waals surface area (Å²) in [5, 5.41) is 16.9. The molecule has 1 saturated carbocycles. The first-order valence-corrected chi connectivity index (χ1v) is 12.3. The third kappa shape index (κ3) is 4.36. The highest BCUT2D eigenvalue weighted by molar-refractivity contribution is 6.36. The number of aryl methyl sites for hydroxylation is 2. The Labute approximate surface area is 227 Å². The van der Waals surface area contributed by atoms with E-state index in [0.29, 0.717) is 36.1 Å². The minimum absolute atomic E-state index is 0.0351. The van der Waals surface area contributed by atoms with Crippen LogP contribution >= 0.6 is 11.6 Å². The van der Waals surface area contributed by atoms with Crippen LogP contribution in [0.15, 0.2) is 41.8 Å². The third-order valence-electron chi connectivity index (χ3n) is 6.59. The van der Waals surface area contributed by atoms with Crippen LogP contribution in [0.2, 0.25) is 5.02 Å². The molecule has 0 spiro atoms. The molecule has 0 unspecified atom stereocenters. The first-order chi connectivity index (χ1) is 19.0. The maximum Gasteiger partial charge on any atom is 0.417 e. The summed E-state index contributed by atoms with van der Waals surface area (Å²) in [6, 6.07) is 0.715. The fourth-order valence-electron chi connectivity index (χ4n) is 4.27. The van der Waals surface area contributed by atoms with Gasteiger partial charge < -0.3 is 29.0 Å². The van der Waals surface area contributed by atoms with Gasteiger partial charge in [0.05, 0.1) is 24.1 Å². The number of nitrogens with one attached hydrogen (secondary N) is 1. The van der Waals surface area contributed by atoms with E-state index in [2.05, 4.69) is 25.4 Å². The topological polar surface area (TPSA) is 134 Å². The number of nitrogens with zero attached hydrogens (tertiary/aromatic N) is 7. The van der Waals surface area contributed by atoms with Crippen LogP contribution < -0.4 is 20.3 Å². The first kappa shape index (κ1) is 25.9. The third-order valence-corrected chi connectivity index (χ3v) is 6.95. The quantitative estimate of drug-likeness (QED) is 0.309. The highest BCUT2D eigenvalue weighted by Gasteiger charge is 2.33. The van der Waals surface area contributed by atoms with Gasteiger partial charge in [0.25, 0.3) is 5.56 Å². The number of hydrogen-bond donors (Lipinski definition) is 2. The number of imidazole rings is 1. The lowest BCUT2D eigenvalue weighted by Gasteiger charge is -2.32. The van der Waals surface area contributed by atoms with Gasteiger partial charge in [0.15, 0.2) is 22.7 Å². The average molecular weight is 577 g/mol. The molecular weight excluding hydrogens is 557 g/mol. The number of ether oxygens (including phenoxy) is 2. The molecule has 16 heteroatoms. The molecule has 0 bridgehead atoms. The van der Waals surface area contributed by atoms with E-state index in [1.165, 1.54) is 34.7 Å². The number of anilines is 2. The summed E-state index contributed by atoms with van der Waals surface area (Å²) < 4.78 is 55.6. The Balaban J connectivity index is 1.35. The van der Waals surface area contributed by atoms with Crippen molar-refractivity contribution in [3.05, 3.63) is 58.0 Å². The van der Waals surface area contributed by atoms with Gasteiger partial charge in [0.2, 0.25) is 11.8 Å². The van der Waals surface area contributed by atoms with Crippen LogP contribution in [0.4, 0.5) is 24.8 Å². The van der Waals surface area contributed by atoms with Gasteiger partial charge in [-0.2, -0.15) is 23.3 Å². The zero-order valence-electron chi connectivity index (χ0n) is 20.8. The van der Waals surface area contributed by atoms with Crippen LogP contribution in [0.1, 0.15) is 18.4 Å². The Hall–Kier alpha value is -4.37. The number of aliphatic hydroxyl groups is 1. The van der Waals surface area contributed by atoms with Gasteiger partial charge in [-0.3, -0.25) is 4.79 Å². The van der Waals surface area contributed by atoms with Gasteiger partial charge in [-0.05, 0) is 18.9 Å². The zero-order chi connectivity index (χ0) is 28.3. The summed E-state index contributed by atoms with van der Waals surface area (Å²) >= 11 is 6.67. The van der Waals surface area contributed by atoms with Gasteiger partial charge >= 0.3 is 6.18 Å². The number of hydrogen-bond acceptors (Lipinski definition) is 9. The van der Waals surface area contributed by atoms with Crippen molar-refractivity contribution in [2.45, 2.75) is 31.2 Å². The predicted molar refractivity (Wildman–Crippen MR) is 136 cm³/mol. The molecule has 40 heavy (non-hydrogen) atoms. The molecule has 208 valence electrons. The van der Waals surface area contributed by atoms with Crippen LogP contribution in [0.5, 0.6) is 17.4 Å². The van der Waals surface area contributed by atoms with Gasteiger partial charge in [0.1, 0.15) is 22.3 Å². The molecule has 0 amide bonds. The molecule has 1 aliphatic rings. The van der Waals surface area contributed by atoms with Crippen LogP contribution in [0, 0.1) is 0 Å². The van der Waals surface area contributed by atoms with Gasteiger partial charge in [-0.25, -0.2) is 14.5 Å². The lowest BCUT2D eigenvalue weighted by Crippen LogP contribution is -2.41. The van der Waals surface area contributed by atoms with Crippen molar-refractivity contribution < 1.29 is 27.8 Å². The number of aromatic nitrogens is 7. The van der Waals surface area contributed by atoms with E-state index < -0.39 is 29.5 Å². The fraction of sp³-hybridized carbons (Fsp3) is 0.292. The first-order valence-electron chi connectivity index (χ1n) is 11.9. The molecule has 0 aromatic carbocycles. The summed E-state index contributed by atoms with van der Waals surface area (Å²) in [7, 11) is 2.78. The molecule has 2 N–H and O–H groups in total. The molecule has 1 aliphatic carbocycles. The van der Waals surface area contributed by atoms with Crippen LogP contribution in [0.3, 0.4) is 0 Å². The molecule has 5 heterocycles. The Kier molecular flexibility index (Phi) is 6.07. The number of alkyl halides is 3. The molecule has 5 aromatic heterocycles. The van der Waals surface area contributed by atoms with Crippen LogP contribution in [-0.4, -0.2) is 51.0 Å². The SMILES string of the molecule is Cn1cc(C(F)(F)F)cc(Nc2nc3ncc(Oc4cnn5ccnc(O[C@@H]6CC[C@H]6O)c45)c(Cl)c3n2C)c1=O. The summed E-state index contributed by atoms with van der Waals surface area (Å²) in [5.41, 5.74) is -1.14. The lowest BCUT2D eigenvalue weighted by molar-refractivity contribution is -0.138. The van der Waals surface area contributed by atoms with Crippen LogP contribution in [-0.2, 0) is 20.3 Å². The van der Waals surface area contributed by atoms with E-state index in [4.69, 9.17) is 21.1 Å². The van der Waals surface area contributed by atoms with Crippen molar-refractivity contribution in [3.63, 3.8) is 0 Å². The normalized spacial score (nSPS) is 17.3. The average Bonchev–Trinajstić information content (AvgIpc) is 3.46. The Morgan fingerprint density at radius 3 is 2.65 bits per heavy atom. The van der Waals surface area contributed by atoms with Crippen molar-refractivity contribution in [2.75, 3.05) is 5.32 Å². The van der Waals surface area contributed by atoms with E-state index >= 15 is 0 Å². The van der Waals surface area contributed by atoms with Crippen LogP contribution in [0.25, 0.3) is 16.7 Å². The van der Waals surface area contributed by atoms with E-state index in [0.717, 1.165) is 4.57 Å². The maximum atomic E-state index is 13.3.